The van der Waals surface area contributed by atoms with E-state index in [0.717, 1.165) is 42.4 Å². The summed E-state index contributed by atoms with van der Waals surface area (Å²) in [6, 6.07) is 15.6. The van der Waals surface area contributed by atoms with Crippen molar-refractivity contribution in [2.45, 2.75) is 58.3 Å². The average molecular weight is 421 g/mol. The van der Waals surface area contributed by atoms with Crippen LogP contribution in [0.4, 0.5) is 5.69 Å². The Balaban J connectivity index is 1.38. The van der Waals surface area contributed by atoms with Gasteiger partial charge in [0.1, 0.15) is 17.0 Å². The Kier molecular flexibility index (Phi) is 6.37. The predicted molar refractivity (Wildman–Crippen MR) is 119 cm³/mol. The number of fused-ring (bicyclic) bond motifs is 1. The van der Waals surface area contributed by atoms with Gasteiger partial charge < -0.3 is 19.2 Å². The highest BCUT2D eigenvalue weighted by molar-refractivity contribution is 5.91. The molecule has 0 aliphatic heterocycles. The number of hydrogen-bond acceptors (Lipinski definition) is 5. The van der Waals surface area contributed by atoms with Crippen molar-refractivity contribution in [3.05, 3.63) is 70.1 Å². The van der Waals surface area contributed by atoms with Crippen LogP contribution in [0.5, 0.6) is 5.75 Å². The number of ether oxygens (including phenoxy) is 2. The van der Waals surface area contributed by atoms with Crippen LogP contribution in [0.25, 0.3) is 11.0 Å². The van der Waals surface area contributed by atoms with Crippen molar-refractivity contribution >= 4 is 22.6 Å². The van der Waals surface area contributed by atoms with E-state index in [1.165, 1.54) is 12.5 Å². The van der Waals surface area contributed by atoms with E-state index in [1.807, 2.05) is 37.3 Å². The summed E-state index contributed by atoms with van der Waals surface area (Å²) in [5.41, 5.74) is 2.03. The molecule has 1 aliphatic carbocycles. The minimum absolute atomic E-state index is 0.109. The minimum Gasteiger partial charge on any atom is -0.490 e. The highest BCUT2D eigenvalue weighted by Crippen LogP contribution is 2.31. The van der Waals surface area contributed by atoms with Gasteiger partial charge in [-0.25, -0.2) is 4.79 Å². The number of nitrogens with one attached hydrogen (secondary N) is 1. The number of carbonyl (C=O) groups is 1. The van der Waals surface area contributed by atoms with Gasteiger partial charge in [0.2, 0.25) is 5.91 Å². The Labute approximate surface area is 181 Å². The molecule has 31 heavy (non-hydrogen) atoms. The van der Waals surface area contributed by atoms with Crippen molar-refractivity contribution in [1.82, 2.24) is 0 Å². The van der Waals surface area contributed by atoms with Crippen LogP contribution in [-0.4, -0.2) is 18.1 Å². The smallest absolute Gasteiger partial charge is 0.360 e. The third-order valence-corrected chi connectivity index (χ3v) is 5.66. The zero-order valence-corrected chi connectivity index (χ0v) is 17.9. The number of amides is 1. The standard InChI is InChI=1S/C25H27NO5/c1-16-23(13-8-19-14-22(26-17(2)27)25(28)31-24(16)19)30-21-11-9-20(10-12-21)29-15-18-6-4-3-5-7-18/h3-8,13-14,20-21H,9-12,15H2,1-2H3,(H,26,27). The Hall–Kier alpha value is -3.12. The Morgan fingerprint density at radius 3 is 2.48 bits per heavy atom. The molecule has 1 fully saturated rings. The first-order valence-electron chi connectivity index (χ1n) is 10.7. The predicted octanol–water partition coefficient (Wildman–Crippen LogP) is 4.97. The normalized spacial score (nSPS) is 18.6. The number of rotatable bonds is 6. The second-order valence-electron chi connectivity index (χ2n) is 8.05. The fourth-order valence-electron chi connectivity index (χ4n) is 3.99. The lowest BCUT2D eigenvalue weighted by Gasteiger charge is -2.29. The molecule has 4 rings (SSSR count). The summed E-state index contributed by atoms with van der Waals surface area (Å²) in [6.45, 7) is 3.88. The maximum Gasteiger partial charge on any atom is 0.360 e. The molecular weight excluding hydrogens is 394 g/mol. The molecule has 0 bridgehead atoms. The molecule has 0 radical (unpaired) electrons. The fourth-order valence-corrected chi connectivity index (χ4v) is 3.99. The Morgan fingerprint density at radius 1 is 1.06 bits per heavy atom. The lowest BCUT2D eigenvalue weighted by atomic mass is 9.94. The molecule has 0 atom stereocenters. The van der Waals surface area contributed by atoms with Gasteiger partial charge in [0, 0.05) is 17.9 Å². The van der Waals surface area contributed by atoms with Crippen molar-refractivity contribution < 1.29 is 18.7 Å². The van der Waals surface area contributed by atoms with Crippen molar-refractivity contribution in [2.75, 3.05) is 5.32 Å². The van der Waals surface area contributed by atoms with Crippen LogP contribution in [0.15, 0.2) is 57.7 Å². The van der Waals surface area contributed by atoms with Crippen molar-refractivity contribution in [3.8, 4) is 5.75 Å². The van der Waals surface area contributed by atoms with Gasteiger partial charge >= 0.3 is 5.63 Å². The lowest BCUT2D eigenvalue weighted by molar-refractivity contribution is -0.114. The van der Waals surface area contributed by atoms with E-state index in [0.29, 0.717) is 12.2 Å². The van der Waals surface area contributed by atoms with E-state index in [9.17, 15) is 9.59 Å². The molecule has 0 unspecified atom stereocenters. The first kappa shape index (κ1) is 21.1. The first-order chi connectivity index (χ1) is 15.0. The summed E-state index contributed by atoms with van der Waals surface area (Å²) in [4.78, 5) is 23.4. The number of hydrogen-bond donors (Lipinski definition) is 1. The van der Waals surface area contributed by atoms with E-state index in [4.69, 9.17) is 13.9 Å². The second kappa shape index (κ2) is 9.35. The molecule has 6 nitrogen and oxygen atoms in total. The summed E-state index contributed by atoms with van der Waals surface area (Å²) >= 11 is 0. The quantitative estimate of drug-likeness (QED) is 0.569. The largest absolute Gasteiger partial charge is 0.490 e. The SMILES string of the molecule is CC(=O)Nc1cc2ccc(OC3CCC(OCc4ccccc4)CC3)c(C)c2oc1=O. The maximum atomic E-state index is 12.2. The summed E-state index contributed by atoms with van der Waals surface area (Å²) in [7, 11) is 0. The molecule has 0 spiro atoms. The van der Waals surface area contributed by atoms with E-state index < -0.39 is 5.63 Å². The average Bonchev–Trinajstić information content (AvgIpc) is 2.77. The van der Waals surface area contributed by atoms with Gasteiger partial charge in [-0.15, -0.1) is 0 Å². The van der Waals surface area contributed by atoms with Crippen molar-refractivity contribution in [3.63, 3.8) is 0 Å². The minimum atomic E-state index is -0.570. The molecule has 1 amide bonds. The maximum absolute atomic E-state index is 12.2. The van der Waals surface area contributed by atoms with Crippen LogP contribution < -0.4 is 15.7 Å². The highest BCUT2D eigenvalue weighted by Gasteiger charge is 2.24. The molecule has 2 aromatic carbocycles. The van der Waals surface area contributed by atoms with Crippen LogP contribution in [-0.2, 0) is 16.1 Å². The number of benzene rings is 2. The Bertz CT molecular complexity index is 1110. The van der Waals surface area contributed by atoms with Crippen LogP contribution in [0.2, 0.25) is 0 Å². The summed E-state index contributed by atoms with van der Waals surface area (Å²) < 4.78 is 17.8. The first-order valence-corrected chi connectivity index (χ1v) is 10.7. The van der Waals surface area contributed by atoms with Gasteiger partial charge in [0.05, 0.1) is 18.8 Å². The monoisotopic (exact) mass is 421 g/mol. The Morgan fingerprint density at radius 2 is 1.77 bits per heavy atom. The molecule has 6 heteroatoms. The van der Waals surface area contributed by atoms with E-state index in [-0.39, 0.29) is 23.8 Å². The molecule has 3 aromatic rings. The highest BCUT2D eigenvalue weighted by atomic mass is 16.5. The molecule has 1 heterocycles. The van der Waals surface area contributed by atoms with Crippen LogP contribution in [0.3, 0.4) is 0 Å². The number of anilines is 1. The molecule has 1 saturated carbocycles. The van der Waals surface area contributed by atoms with Crippen molar-refractivity contribution in [1.29, 1.82) is 0 Å². The molecule has 1 aromatic heterocycles. The van der Waals surface area contributed by atoms with Gasteiger partial charge in [-0.05, 0) is 56.4 Å². The number of aryl methyl sites for hydroxylation is 1. The molecule has 1 N–H and O–H groups in total. The van der Waals surface area contributed by atoms with Crippen LogP contribution in [0.1, 0.15) is 43.7 Å². The van der Waals surface area contributed by atoms with Crippen LogP contribution >= 0.6 is 0 Å². The third-order valence-electron chi connectivity index (χ3n) is 5.66. The third kappa shape index (κ3) is 5.14. The van der Waals surface area contributed by atoms with E-state index in [1.54, 1.807) is 6.07 Å². The van der Waals surface area contributed by atoms with Gasteiger partial charge in [0.15, 0.2) is 0 Å². The summed E-state index contributed by atoms with van der Waals surface area (Å²) in [5, 5.41) is 3.24. The van der Waals surface area contributed by atoms with E-state index >= 15 is 0 Å². The van der Waals surface area contributed by atoms with Gasteiger partial charge in [-0.3, -0.25) is 4.79 Å². The van der Waals surface area contributed by atoms with Gasteiger partial charge in [-0.2, -0.15) is 0 Å². The zero-order chi connectivity index (χ0) is 21.8. The van der Waals surface area contributed by atoms with Crippen molar-refractivity contribution in [2.24, 2.45) is 0 Å². The van der Waals surface area contributed by atoms with Gasteiger partial charge in [0.25, 0.3) is 0 Å². The van der Waals surface area contributed by atoms with Crippen LogP contribution in [0, 0.1) is 6.92 Å². The summed E-state index contributed by atoms with van der Waals surface area (Å²) in [5.74, 6) is 0.406. The molecular formula is C25H27NO5. The molecule has 0 saturated heterocycles. The van der Waals surface area contributed by atoms with E-state index in [2.05, 4.69) is 17.4 Å². The van der Waals surface area contributed by atoms with Gasteiger partial charge in [-0.1, -0.05) is 30.3 Å². The number of carbonyl (C=O) groups excluding carboxylic acids is 1. The lowest BCUT2D eigenvalue weighted by Crippen LogP contribution is -2.28. The summed E-state index contributed by atoms with van der Waals surface area (Å²) in [6.07, 6.45) is 4.12. The second-order valence-corrected chi connectivity index (χ2v) is 8.05. The fraction of sp³-hybridized carbons (Fsp3) is 0.360. The zero-order valence-electron chi connectivity index (χ0n) is 17.9. The molecule has 162 valence electrons. The molecule has 1 aliphatic rings. The topological polar surface area (TPSA) is 77.8 Å².